The van der Waals surface area contributed by atoms with Crippen molar-refractivity contribution in [1.29, 1.82) is 0 Å². The molecule has 1 amide bonds. The fourth-order valence-corrected chi connectivity index (χ4v) is 2.67. The molecule has 0 aromatic heterocycles. The van der Waals surface area contributed by atoms with E-state index in [0.717, 1.165) is 24.0 Å². The van der Waals surface area contributed by atoms with Crippen molar-refractivity contribution in [3.05, 3.63) is 33.3 Å². The van der Waals surface area contributed by atoms with Gasteiger partial charge in [-0.2, -0.15) is 0 Å². The number of hydrogen-bond acceptors (Lipinski definition) is 2. The maximum absolute atomic E-state index is 12.2. The number of piperidine rings is 1. The first kappa shape index (κ1) is 16.8. The van der Waals surface area contributed by atoms with Crippen LogP contribution in [0, 0.1) is 5.92 Å². The van der Waals surface area contributed by atoms with E-state index in [4.69, 9.17) is 11.6 Å². The number of hydrogen-bond donors (Lipinski definition) is 2. The molecule has 19 heavy (non-hydrogen) atoms. The summed E-state index contributed by atoms with van der Waals surface area (Å²) in [6.07, 6.45) is 1.08. The van der Waals surface area contributed by atoms with Gasteiger partial charge in [-0.3, -0.25) is 4.79 Å². The molecule has 2 N–H and O–H groups in total. The monoisotopic (exact) mass is 366 g/mol. The van der Waals surface area contributed by atoms with Gasteiger partial charge in [-0.25, -0.2) is 0 Å². The molecule has 0 aliphatic carbocycles. The molecule has 1 aromatic carbocycles. The maximum Gasteiger partial charge on any atom is 0.253 e. The van der Waals surface area contributed by atoms with Crippen LogP contribution in [0.5, 0.6) is 0 Å². The van der Waals surface area contributed by atoms with E-state index in [1.807, 2.05) is 6.07 Å². The molecule has 1 saturated heterocycles. The highest BCUT2D eigenvalue weighted by atomic mass is 79.9. The van der Waals surface area contributed by atoms with Crippen LogP contribution in [0.25, 0.3) is 0 Å². The van der Waals surface area contributed by atoms with Crippen LogP contribution in [-0.4, -0.2) is 25.0 Å². The van der Waals surface area contributed by atoms with Crippen molar-refractivity contribution in [2.24, 2.45) is 5.92 Å². The number of halogens is 3. The average Bonchev–Trinajstić information content (AvgIpc) is 2.35. The van der Waals surface area contributed by atoms with Gasteiger partial charge in [-0.15, -0.1) is 12.4 Å². The van der Waals surface area contributed by atoms with Crippen molar-refractivity contribution in [1.82, 2.24) is 10.6 Å². The highest BCUT2D eigenvalue weighted by Crippen LogP contribution is 2.21. The number of amides is 1. The normalized spacial score (nSPS) is 22.5. The van der Waals surface area contributed by atoms with Gasteiger partial charge in [0.1, 0.15) is 0 Å². The lowest BCUT2D eigenvalue weighted by molar-refractivity contribution is 0.0915. The molecule has 6 heteroatoms. The molecule has 2 rings (SSSR count). The van der Waals surface area contributed by atoms with Gasteiger partial charge in [-0.05, 0) is 37.1 Å². The minimum absolute atomic E-state index is 0. The fraction of sp³-hybridized carbons (Fsp3) is 0.462. The van der Waals surface area contributed by atoms with Crippen molar-refractivity contribution in [2.75, 3.05) is 13.1 Å². The second kappa shape index (κ2) is 7.48. The van der Waals surface area contributed by atoms with Gasteiger partial charge in [0.25, 0.3) is 5.91 Å². The smallest absolute Gasteiger partial charge is 0.253 e. The third kappa shape index (κ3) is 4.35. The van der Waals surface area contributed by atoms with Crippen LogP contribution in [0.15, 0.2) is 22.7 Å². The Bertz CT molecular complexity index is 456. The number of benzene rings is 1. The number of nitrogens with one attached hydrogen (secondary N) is 2. The molecule has 1 heterocycles. The van der Waals surface area contributed by atoms with Crippen LogP contribution in [0.2, 0.25) is 5.02 Å². The minimum atomic E-state index is -0.109. The Morgan fingerprint density at radius 1 is 1.53 bits per heavy atom. The maximum atomic E-state index is 12.2. The van der Waals surface area contributed by atoms with Crippen LogP contribution < -0.4 is 10.6 Å². The Kier molecular flexibility index (Phi) is 6.60. The van der Waals surface area contributed by atoms with Gasteiger partial charge in [0, 0.05) is 17.1 Å². The number of carbonyl (C=O) groups is 1. The molecule has 1 aromatic rings. The summed E-state index contributed by atoms with van der Waals surface area (Å²) in [4.78, 5) is 12.2. The summed E-state index contributed by atoms with van der Waals surface area (Å²) in [5.74, 6) is 0.378. The number of carbonyl (C=O) groups excluding carboxylic acids is 1. The van der Waals surface area contributed by atoms with E-state index >= 15 is 0 Å². The lowest BCUT2D eigenvalue weighted by atomic mass is 9.94. The Morgan fingerprint density at radius 2 is 2.26 bits per heavy atom. The standard InChI is InChI=1S/C13H16BrClN2O.ClH/c1-8-4-5-16-7-12(8)17-13(18)10-6-9(14)2-3-11(10)15;/h2-3,6,8,12,16H,4-5,7H2,1H3,(H,17,18);1H. The molecular formula is C13H17BrCl2N2O. The van der Waals surface area contributed by atoms with E-state index in [0.29, 0.717) is 16.5 Å². The SMILES string of the molecule is CC1CCNCC1NC(=O)c1cc(Br)ccc1Cl.Cl. The summed E-state index contributed by atoms with van der Waals surface area (Å²) >= 11 is 9.40. The number of rotatable bonds is 2. The van der Waals surface area contributed by atoms with E-state index < -0.39 is 0 Å². The molecule has 2 unspecified atom stereocenters. The van der Waals surface area contributed by atoms with E-state index in [1.165, 1.54) is 0 Å². The quantitative estimate of drug-likeness (QED) is 0.842. The fourth-order valence-electron chi connectivity index (χ4n) is 2.10. The molecule has 0 bridgehead atoms. The summed E-state index contributed by atoms with van der Waals surface area (Å²) in [6.45, 7) is 4.00. The molecule has 3 nitrogen and oxygen atoms in total. The van der Waals surface area contributed by atoms with Gasteiger partial charge < -0.3 is 10.6 Å². The minimum Gasteiger partial charge on any atom is -0.348 e. The van der Waals surface area contributed by atoms with E-state index in [2.05, 4.69) is 33.5 Å². The van der Waals surface area contributed by atoms with E-state index in [-0.39, 0.29) is 24.4 Å². The van der Waals surface area contributed by atoms with Crippen LogP contribution in [0.1, 0.15) is 23.7 Å². The van der Waals surface area contributed by atoms with Crippen molar-refractivity contribution in [2.45, 2.75) is 19.4 Å². The molecule has 0 radical (unpaired) electrons. The lowest BCUT2D eigenvalue weighted by Crippen LogP contribution is -2.50. The topological polar surface area (TPSA) is 41.1 Å². The molecule has 106 valence electrons. The molecule has 1 aliphatic rings. The van der Waals surface area contributed by atoms with Gasteiger partial charge >= 0.3 is 0 Å². The highest BCUT2D eigenvalue weighted by Gasteiger charge is 2.23. The van der Waals surface area contributed by atoms with Gasteiger partial charge in [-0.1, -0.05) is 34.5 Å². The van der Waals surface area contributed by atoms with Crippen molar-refractivity contribution < 1.29 is 4.79 Å². The lowest BCUT2D eigenvalue weighted by Gasteiger charge is -2.30. The third-order valence-corrected chi connectivity index (χ3v) is 4.14. The zero-order chi connectivity index (χ0) is 13.1. The van der Waals surface area contributed by atoms with Crippen molar-refractivity contribution >= 4 is 45.8 Å². The van der Waals surface area contributed by atoms with Crippen LogP contribution in [0.3, 0.4) is 0 Å². The molecule has 1 fully saturated rings. The van der Waals surface area contributed by atoms with Gasteiger partial charge in [0.05, 0.1) is 10.6 Å². The molecule has 2 atom stereocenters. The predicted octanol–water partition coefficient (Wildman–Crippen LogP) is 3.25. The highest BCUT2D eigenvalue weighted by molar-refractivity contribution is 9.10. The summed E-state index contributed by atoms with van der Waals surface area (Å²) in [6, 6.07) is 5.47. The molecule has 0 spiro atoms. The van der Waals surface area contributed by atoms with Gasteiger partial charge in [0.2, 0.25) is 0 Å². The first-order valence-electron chi connectivity index (χ1n) is 6.04. The summed E-state index contributed by atoms with van der Waals surface area (Å²) in [5, 5.41) is 6.82. The van der Waals surface area contributed by atoms with Crippen molar-refractivity contribution in [3.8, 4) is 0 Å². The Balaban J connectivity index is 0.00000180. The summed E-state index contributed by atoms with van der Waals surface area (Å²) in [7, 11) is 0. The van der Waals surface area contributed by atoms with Crippen LogP contribution >= 0.6 is 39.9 Å². The zero-order valence-electron chi connectivity index (χ0n) is 10.6. The third-order valence-electron chi connectivity index (χ3n) is 3.32. The Morgan fingerprint density at radius 3 is 2.95 bits per heavy atom. The first-order valence-corrected chi connectivity index (χ1v) is 7.21. The van der Waals surface area contributed by atoms with Crippen LogP contribution in [-0.2, 0) is 0 Å². The average molecular weight is 368 g/mol. The van der Waals surface area contributed by atoms with E-state index in [1.54, 1.807) is 12.1 Å². The van der Waals surface area contributed by atoms with E-state index in [9.17, 15) is 4.79 Å². The predicted molar refractivity (Wildman–Crippen MR) is 84.3 cm³/mol. The second-order valence-electron chi connectivity index (χ2n) is 4.67. The Hall–Kier alpha value is -0.290. The second-order valence-corrected chi connectivity index (χ2v) is 6.00. The molecule has 0 saturated carbocycles. The van der Waals surface area contributed by atoms with Gasteiger partial charge in [0.15, 0.2) is 0 Å². The molecule has 1 aliphatic heterocycles. The van der Waals surface area contributed by atoms with Crippen molar-refractivity contribution in [3.63, 3.8) is 0 Å². The Labute approximate surface area is 133 Å². The molecular weight excluding hydrogens is 351 g/mol. The summed E-state index contributed by atoms with van der Waals surface area (Å²) in [5.41, 5.74) is 0.517. The zero-order valence-corrected chi connectivity index (χ0v) is 13.7. The largest absolute Gasteiger partial charge is 0.348 e. The van der Waals surface area contributed by atoms with Crippen LogP contribution in [0.4, 0.5) is 0 Å². The summed E-state index contributed by atoms with van der Waals surface area (Å²) < 4.78 is 0.854. The first-order chi connectivity index (χ1) is 8.58.